The average molecular weight is 243 g/mol. The second-order valence-electron chi connectivity index (χ2n) is 3.79. The lowest BCUT2D eigenvalue weighted by Gasteiger charge is -2.06. The molecule has 0 saturated heterocycles. The summed E-state index contributed by atoms with van der Waals surface area (Å²) in [7, 11) is 0. The summed E-state index contributed by atoms with van der Waals surface area (Å²) in [6, 6.07) is 5.58. The number of H-pyrrole nitrogens is 1. The van der Waals surface area contributed by atoms with Crippen molar-refractivity contribution in [2.45, 2.75) is 6.54 Å². The molecule has 0 atom stereocenters. The van der Waals surface area contributed by atoms with Gasteiger partial charge in [-0.15, -0.1) is 0 Å². The first-order valence-electron chi connectivity index (χ1n) is 5.46. The summed E-state index contributed by atoms with van der Waals surface area (Å²) in [6.07, 6.45) is 4.38. The monoisotopic (exact) mass is 243 g/mol. The van der Waals surface area contributed by atoms with Crippen molar-refractivity contribution in [2.75, 3.05) is 5.32 Å². The van der Waals surface area contributed by atoms with Gasteiger partial charge < -0.3 is 10.3 Å². The minimum atomic E-state index is -0.748. The second kappa shape index (κ2) is 4.40. The molecule has 5 nitrogen and oxygen atoms in total. The lowest BCUT2D eigenvalue weighted by molar-refractivity contribution is 0.545. The smallest absolute Gasteiger partial charge is 0.312 e. The largest absolute Gasteiger partial charge is 0.365 e. The predicted molar refractivity (Wildman–Crippen MR) is 65.4 cm³/mol. The van der Waals surface area contributed by atoms with Crippen LogP contribution in [0.4, 0.5) is 10.2 Å². The molecule has 3 heterocycles. The maximum Gasteiger partial charge on any atom is 0.312 e. The Morgan fingerprint density at radius 1 is 1.17 bits per heavy atom. The number of aromatic nitrogens is 4. The minimum Gasteiger partial charge on any atom is -0.365 e. The van der Waals surface area contributed by atoms with Gasteiger partial charge in [0.2, 0.25) is 0 Å². The van der Waals surface area contributed by atoms with Gasteiger partial charge in [-0.25, -0.2) is 0 Å². The molecular formula is C12H10FN5. The van der Waals surface area contributed by atoms with Crippen LogP contribution >= 0.6 is 0 Å². The minimum absolute atomic E-state index is 0.482. The van der Waals surface area contributed by atoms with E-state index >= 15 is 0 Å². The van der Waals surface area contributed by atoms with Crippen molar-refractivity contribution in [1.82, 2.24) is 19.9 Å². The number of hydrogen-bond acceptors (Lipinski definition) is 4. The van der Waals surface area contributed by atoms with Crippen molar-refractivity contribution in [3.05, 3.63) is 48.4 Å². The number of rotatable bonds is 3. The van der Waals surface area contributed by atoms with E-state index in [9.17, 15) is 4.39 Å². The van der Waals surface area contributed by atoms with E-state index in [0.717, 1.165) is 10.9 Å². The van der Waals surface area contributed by atoms with E-state index in [0.29, 0.717) is 18.0 Å². The first-order valence-corrected chi connectivity index (χ1v) is 5.46. The molecule has 0 aliphatic carbocycles. The number of aromatic amines is 1. The molecule has 3 aromatic rings. The number of hydrogen-bond donors (Lipinski definition) is 2. The highest BCUT2D eigenvalue weighted by atomic mass is 19.1. The van der Waals surface area contributed by atoms with Crippen LogP contribution in [0.2, 0.25) is 0 Å². The van der Waals surface area contributed by atoms with Gasteiger partial charge in [0, 0.05) is 25.1 Å². The molecule has 0 aliphatic heterocycles. The summed E-state index contributed by atoms with van der Waals surface area (Å²) in [6.45, 7) is 0.555. The quantitative estimate of drug-likeness (QED) is 0.691. The molecule has 0 aliphatic rings. The van der Waals surface area contributed by atoms with Crippen LogP contribution in [0.5, 0.6) is 0 Å². The first kappa shape index (κ1) is 10.6. The maximum absolute atomic E-state index is 13.2. The molecule has 90 valence electrons. The number of halogens is 1. The topological polar surface area (TPSA) is 66.5 Å². The third kappa shape index (κ3) is 2.00. The zero-order valence-corrected chi connectivity index (χ0v) is 9.39. The number of anilines is 1. The summed E-state index contributed by atoms with van der Waals surface area (Å²) in [4.78, 5) is 14.2. The highest BCUT2D eigenvalue weighted by Crippen LogP contribution is 2.19. The maximum atomic E-state index is 13.2. The summed E-state index contributed by atoms with van der Waals surface area (Å²) in [5.74, 6) is 0.482. The van der Waals surface area contributed by atoms with E-state index in [-0.39, 0.29) is 0 Å². The van der Waals surface area contributed by atoms with E-state index in [1.807, 2.05) is 18.2 Å². The third-order valence-corrected chi connectivity index (χ3v) is 2.60. The Kier molecular flexibility index (Phi) is 2.60. The van der Waals surface area contributed by atoms with E-state index in [4.69, 9.17) is 0 Å². The van der Waals surface area contributed by atoms with Crippen molar-refractivity contribution < 1.29 is 4.39 Å². The van der Waals surface area contributed by atoms with Crippen LogP contribution < -0.4 is 5.32 Å². The van der Waals surface area contributed by atoms with Crippen LogP contribution in [-0.4, -0.2) is 19.9 Å². The normalized spacial score (nSPS) is 10.7. The van der Waals surface area contributed by atoms with Crippen molar-refractivity contribution >= 4 is 16.9 Å². The molecule has 0 fully saturated rings. The molecule has 0 radical (unpaired) electrons. The lowest BCUT2D eigenvalue weighted by atomic mass is 10.2. The second-order valence-corrected chi connectivity index (χ2v) is 3.79. The van der Waals surface area contributed by atoms with Gasteiger partial charge >= 0.3 is 6.08 Å². The Hall–Kier alpha value is -2.50. The Labute approximate surface area is 102 Å². The van der Waals surface area contributed by atoms with Crippen molar-refractivity contribution in [3.63, 3.8) is 0 Å². The van der Waals surface area contributed by atoms with Crippen LogP contribution in [0.3, 0.4) is 0 Å². The fraction of sp³-hybridized carbons (Fsp3) is 0.0833. The fourth-order valence-electron chi connectivity index (χ4n) is 1.74. The van der Waals surface area contributed by atoms with E-state index in [2.05, 4.69) is 25.3 Å². The highest BCUT2D eigenvalue weighted by molar-refractivity contribution is 5.86. The Balaban J connectivity index is 1.88. The Morgan fingerprint density at radius 3 is 2.83 bits per heavy atom. The zero-order valence-electron chi connectivity index (χ0n) is 9.39. The van der Waals surface area contributed by atoms with Gasteiger partial charge in [-0.05, 0) is 23.8 Å². The van der Waals surface area contributed by atoms with E-state index in [1.54, 1.807) is 18.6 Å². The van der Waals surface area contributed by atoms with Crippen LogP contribution in [-0.2, 0) is 6.54 Å². The average Bonchev–Trinajstić information content (AvgIpc) is 2.85. The van der Waals surface area contributed by atoms with Crippen molar-refractivity contribution in [3.8, 4) is 0 Å². The standard InChI is InChI=1S/C12H10FN5/c13-12-17-10-9(3-6-15-10)11(18-12)16-7-8-1-4-14-5-2-8/h1-6H,7H2,(H2,15,16,17,18). The van der Waals surface area contributed by atoms with Gasteiger partial charge in [-0.3, -0.25) is 4.98 Å². The van der Waals surface area contributed by atoms with Gasteiger partial charge in [0.1, 0.15) is 11.5 Å². The summed E-state index contributed by atoms with van der Waals surface area (Å²) >= 11 is 0. The van der Waals surface area contributed by atoms with Crippen molar-refractivity contribution in [2.24, 2.45) is 0 Å². The molecule has 3 aromatic heterocycles. The molecule has 0 saturated carbocycles. The van der Waals surface area contributed by atoms with Gasteiger partial charge in [0.25, 0.3) is 0 Å². The zero-order chi connectivity index (χ0) is 12.4. The molecule has 0 aromatic carbocycles. The first-order chi connectivity index (χ1) is 8.83. The molecule has 0 bridgehead atoms. The number of fused-ring (bicyclic) bond motifs is 1. The predicted octanol–water partition coefficient (Wildman–Crippen LogP) is 2.10. The fourth-order valence-corrected chi connectivity index (χ4v) is 1.74. The number of pyridine rings is 1. The Bertz CT molecular complexity index is 665. The molecule has 18 heavy (non-hydrogen) atoms. The molecule has 0 spiro atoms. The lowest BCUT2D eigenvalue weighted by Crippen LogP contribution is -2.04. The van der Waals surface area contributed by atoms with Crippen LogP contribution in [0, 0.1) is 6.08 Å². The SMILES string of the molecule is Fc1nc(NCc2ccncc2)c2cc[nH]c2n1. The van der Waals surface area contributed by atoms with E-state index < -0.39 is 6.08 Å². The molecule has 3 rings (SSSR count). The summed E-state index contributed by atoms with van der Waals surface area (Å²) < 4.78 is 13.2. The van der Waals surface area contributed by atoms with Gasteiger partial charge in [0.15, 0.2) is 0 Å². The van der Waals surface area contributed by atoms with Gasteiger partial charge in [-0.2, -0.15) is 14.4 Å². The molecular weight excluding hydrogens is 233 g/mol. The van der Waals surface area contributed by atoms with Crippen molar-refractivity contribution in [1.29, 1.82) is 0 Å². The number of nitrogens with zero attached hydrogens (tertiary/aromatic N) is 3. The highest BCUT2D eigenvalue weighted by Gasteiger charge is 2.07. The van der Waals surface area contributed by atoms with Gasteiger partial charge in [0.05, 0.1) is 5.39 Å². The molecule has 2 N–H and O–H groups in total. The van der Waals surface area contributed by atoms with Crippen LogP contribution in [0.1, 0.15) is 5.56 Å². The molecule has 6 heteroatoms. The summed E-state index contributed by atoms with van der Waals surface area (Å²) in [5, 5.41) is 3.86. The number of nitrogens with one attached hydrogen (secondary N) is 2. The molecule has 0 amide bonds. The molecule has 0 unspecified atom stereocenters. The summed E-state index contributed by atoms with van der Waals surface area (Å²) in [5.41, 5.74) is 1.53. The van der Waals surface area contributed by atoms with Gasteiger partial charge in [-0.1, -0.05) is 0 Å². The Morgan fingerprint density at radius 2 is 2.00 bits per heavy atom. The van der Waals surface area contributed by atoms with Crippen LogP contribution in [0.15, 0.2) is 36.8 Å². The third-order valence-electron chi connectivity index (χ3n) is 2.60. The van der Waals surface area contributed by atoms with E-state index in [1.165, 1.54) is 0 Å². The van der Waals surface area contributed by atoms with Crippen LogP contribution in [0.25, 0.3) is 11.0 Å².